The van der Waals surface area contributed by atoms with Gasteiger partial charge in [-0.25, -0.2) is 9.97 Å². The molecule has 80 valence electrons. The summed E-state index contributed by atoms with van der Waals surface area (Å²) in [6.07, 6.45) is 4.33. The molecule has 0 aliphatic heterocycles. The molecule has 0 radical (unpaired) electrons. The van der Waals surface area contributed by atoms with Gasteiger partial charge in [0.15, 0.2) is 0 Å². The molecule has 1 aromatic rings. The highest BCUT2D eigenvalue weighted by atomic mass is 15.2. The van der Waals surface area contributed by atoms with Gasteiger partial charge in [-0.05, 0) is 7.05 Å². The van der Waals surface area contributed by atoms with Crippen LogP contribution in [-0.2, 0) is 0 Å². The average molecular weight is 204 g/mol. The fourth-order valence-corrected chi connectivity index (χ4v) is 0.969. The molecule has 0 atom stereocenters. The summed E-state index contributed by atoms with van der Waals surface area (Å²) in [4.78, 5) is 10.2. The van der Waals surface area contributed by atoms with Crippen LogP contribution >= 0.6 is 0 Å². The first-order valence-electron chi connectivity index (χ1n) is 4.87. The molecule has 0 aliphatic rings. The maximum absolute atomic E-state index is 4.17. The zero-order valence-corrected chi connectivity index (χ0v) is 9.41. The molecule has 4 heteroatoms. The Morgan fingerprint density at radius 2 is 2.00 bits per heavy atom. The monoisotopic (exact) mass is 204 g/mol. The van der Waals surface area contributed by atoms with Crippen LogP contribution in [0.3, 0.4) is 0 Å². The first kappa shape index (κ1) is 11.5. The van der Waals surface area contributed by atoms with E-state index >= 15 is 0 Å². The van der Waals surface area contributed by atoms with Crippen molar-refractivity contribution in [3.05, 3.63) is 18.0 Å². The van der Waals surface area contributed by atoms with Crippen LogP contribution in [0, 0.1) is 11.8 Å². The number of aromatic nitrogens is 2. The lowest BCUT2D eigenvalue weighted by Crippen LogP contribution is -2.12. The summed E-state index contributed by atoms with van der Waals surface area (Å²) in [5.41, 5.74) is 0.858. The zero-order valence-electron chi connectivity index (χ0n) is 9.41. The van der Waals surface area contributed by atoms with Crippen molar-refractivity contribution in [3.8, 4) is 11.8 Å². The van der Waals surface area contributed by atoms with Crippen LogP contribution in [0.5, 0.6) is 0 Å². The molecule has 0 amide bonds. The van der Waals surface area contributed by atoms with Gasteiger partial charge in [-0.3, -0.25) is 0 Å². The third kappa shape index (κ3) is 3.96. The Kier molecular flexibility index (Phi) is 4.58. The van der Waals surface area contributed by atoms with Gasteiger partial charge in [0.2, 0.25) is 5.95 Å². The highest BCUT2D eigenvalue weighted by Gasteiger charge is 1.96. The van der Waals surface area contributed by atoms with E-state index in [-0.39, 0.29) is 0 Å². The van der Waals surface area contributed by atoms with Crippen molar-refractivity contribution in [2.45, 2.75) is 6.42 Å². The Bertz CT molecular complexity index is 345. The lowest BCUT2D eigenvalue weighted by Gasteiger charge is -2.07. The minimum Gasteiger partial charge on any atom is -0.347 e. The third-order valence-corrected chi connectivity index (χ3v) is 1.77. The summed E-state index contributed by atoms with van der Waals surface area (Å²) >= 11 is 0. The molecule has 0 spiro atoms. The van der Waals surface area contributed by atoms with Gasteiger partial charge in [-0.15, -0.1) is 0 Å². The molecule has 1 aromatic heterocycles. The minimum absolute atomic E-state index is 0.704. The zero-order chi connectivity index (χ0) is 11.1. The van der Waals surface area contributed by atoms with Crippen molar-refractivity contribution in [2.24, 2.45) is 0 Å². The summed E-state index contributed by atoms with van der Waals surface area (Å²) in [5.74, 6) is 6.76. The Labute approximate surface area is 90.7 Å². The molecule has 1 N–H and O–H groups in total. The van der Waals surface area contributed by atoms with Gasteiger partial charge in [-0.2, -0.15) is 0 Å². The Morgan fingerprint density at radius 1 is 1.33 bits per heavy atom. The maximum Gasteiger partial charge on any atom is 0.224 e. The second-order valence-corrected chi connectivity index (χ2v) is 3.32. The third-order valence-electron chi connectivity index (χ3n) is 1.77. The van der Waals surface area contributed by atoms with E-state index in [0.29, 0.717) is 5.95 Å². The SMILES string of the molecule is CNCCC#Cc1cnc(N(C)C)nc1. The maximum atomic E-state index is 4.17. The number of rotatable bonds is 3. The Balaban J connectivity index is 2.59. The van der Waals surface area contributed by atoms with Gasteiger partial charge in [0.05, 0.1) is 5.56 Å². The first-order chi connectivity index (χ1) is 7.24. The molecule has 0 unspecified atom stereocenters. The first-order valence-corrected chi connectivity index (χ1v) is 4.87. The van der Waals surface area contributed by atoms with Crippen LogP contribution in [0.25, 0.3) is 0 Å². The summed E-state index contributed by atoms with van der Waals surface area (Å²) in [7, 11) is 5.73. The number of anilines is 1. The van der Waals surface area contributed by atoms with E-state index in [1.807, 2.05) is 26.0 Å². The van der Waals surface area contributed by atoms with Gasteiger partial charge in [-0.1, -0.05) is 11.8 Å². The highest BCUT2D eigenvalue weighted by Crippen LogP contribution is 2.01. The van der Waals surface area contributed by atoms with Crippen molar-refractivity contribution >= 4 is 5.95 Å². The smallest absolute Gasteiger partial charge is 0.224 e. The fraction of sp³-hybridized carbons (Fsp3) is 0.455. The van der Waals surface area contributed by atoms with Crippen molar-refractivity contribution in [1.29, 1.82) is 0 Å². The molecular weight excluding hydrogens is 188 g/mol. The number of nitrogens with zero attached hydrogens (tertiary/aromatic N) is 3. The van der Waals surface area contributed by atoms with E-state index in [1.54, 1.807) is 12.4 Å². The van der Waals surface area contributed by atoms with Crippen molar-refractivity contribution in [3.63, 3.8) is 0 Å². The molecule has 4 nitrogen and oxygen atoms in total. The van der Waals surface area contributed by atoms with E-state index in [1.165, 1.54) is 0 Å². The van der Waals surface area contributed by atoms with Crippen LogP contribution in [0.2, 0.25) is 0 Å². The second kappa shape index (κ2) is 5.99. The molecule has 1 heterocycles. The molecule has 0 saturated carbocycles. The van der Waals surface area contributed by atoms with E-state index in [0.717, 1.165) is 18.5 Å². The quantitative estimate of drug-likeness (QED) is 0.575. The largest absolute Gasteiger partial charge is 0.347 e. The summed E-state index contributed by atoms with van der Waals surface area (Å²) < 4.78 is 0. The van der Waals surface area contributed by atoms with Crippen LogP contribution in [0.15, 0.2) is 12.4 Å². The second-order valence-electron chi connectivity index (χ2n) is 3.32. The van der Waals surface area contributed by atoms with E-state index in [9.17, 15) is 0 Å². The van der Waals surface area contributed by atoms with Crippen LogP contribution in [0.1, 0.15) is 12.0 Å². The lowest BCUT2D eigenvalue weighted by atomic mass is 10.3. The lowest BCUT2D eigenvalue weighted by molar-refractivity contribution is 0.818. The van der Waals surface area contributed by atoms with Crippen molar-refractivity contribution in [1.82, 2.24) is 15.3 Å². The molecule has 0 fully saturated rings. The Morgan fingerprint density at radius 3 is 2.53 bits per heavy atom. The molecule has 0 saturated heterocycles. The molecular formula is C11H16N4. The topological polar surface area (TPSA) is 41.1 Å². The van der Waals surface area contributed by atoms with Crippen LogP contribution < -0.4 is 10.2 Å². The molecule has 0 aliphatic carbocycles. The summed E-state index contributed by atoms with van der Waals surface area (Å²) in [6.45, 7) is 0.906. The van der Waals surface area contributed by atoms with Gasteiger partial charge < -0.3 is 10.2 Å². The average Bonchev–Trinajstić information content (AvgIpc) is 2.25. The summed E-state index contributed by atoms with van der Waals surface area (Å²) in [5, 5.41) is 3.04. The van der Waals surface area contributed by atoms with Gasteiger partial charge in [0.25, 0.3) is 0 Å². The Hall–Kier alpha value is -1.60. The number of hydrogen-bond acceptors (Lipinski definition) is 4. The fourth-order valence-electron chi connectivity index (χ4n) is 0.969. The van der Waals surface area contributed by atoms with Gasteiger partial charge in [0.1, 0.15) is 0 Å². The highest BCUT2D eigenvalue weighted by molar-refractivity contribution is 5.34. The van der Waals surface area contributed by atoms with Gasteiger partial charge in [0, 0.05) is 39.5 Å². The molecule has 0 bridgehead atoms. The van der Waals surface area contributed by atoms with E-state index in [2.05, 4.69) is 27.1 Å². The van der Waals surface area contributed by atoms with Crippen molar-refractivity contribution in [2.75, 3.05) is 32.6 Å². The van der Waals surface area contributed by atoms with Gasteiger partial charge >= 0.3 is 0 Å². The standard InChI is InChI=1S/C11H16N4/c1-12-7-5-4-6-10-8-13-11(14-9-10)15(2)3/h8-9,12H,5,7H2,1-3H3. The van der Waals surface area contributed by atoms with Crippen molar-refractivity contribution < 1.29 is 0 Å². The molecule has 0 aromatic carbocycles. The normalized spacial score (nSPS) is 9.27. The van der Waals surface area contributed by atoms with Crippen LogP contribution in [-0.4, -0.2) is 37.7 Å². The van der Waals surface area contributed by atoms with E-state index in [4.69, 9.17) is 0 Å². The van der Waals surface area contributed by atoms with E-state index < -0.39 is 0 Å². The molecule has 1 rings (SSSR count). The number of nitrogens with one attached hydrogen (secondary N) is 1. The number of hydrogen-bond donors (Lipinski definition) is 1. The summed E-state index contributed by atoms with van der Waals surface area (Å²) in [6, 6.07) is 0. The predicted octanol–water partition coefficient (Wildman–Crippen LogP) is 0.504. The minimum atomic E-state index is 0.704. The van der Waals surface area contributed by atoms with Crippen LogP contribution in [0.4, 0.5) is 5.95 Å². The molecule has 15 heavy (non-hydrogen) atoms. The predicted molar refractivity (Wildman–Crippen MR) is 61.8 cm³/mol.